The van der Waals surface area contributed by atoms with E-state index in [0.717, 1.165) is 12.8 Å². The summed E-state index contributed by atoms with van der Waals surface area (Å²) in [6.45, 7) is 7.59. The SMILES string of the molecule is CCOC(=O)CCCNC(=O)CCC(C)(C)CCN. The summed E-state index contributed by atoms with van der Waals surface area (Å²) >= 11 is 0. The average Bonchev–Trinajstić information content (AvgIpc) is 2.33. The van der Waals surface area contributed by atoms with E-state index >= 15 is 0 Å². The van der Waals surface area contributed by atoms with E-state index in [2.05, 4.69) is 19.2 Å². The molecular weight excluding hydrogens is 244 g/mol. The maximum Gasteiger partial charge on any atom is 0.305 e. The summed E-state index contributed by atoms with van der Waals surface area (Å²) in [5.41, 5.74) is 5.64. The van der Waals surface area contributed by atoms with Gasteiger partial charge in [-0.15, -0.1) is 0 Å². The van der Waals surface area contributed by atoms with Crippen molar-refractivity contribution < 1.29 is 14.3 Å². The van der Waals surface area contributed by atoms with Crippen molar-refractivity contribution in [1.29, 1.82) is 0 Å². The smallest absolute Gasteiger partial charge is 0.305 e. The molecule has 0 aromatic heterocycles. The van der Waals surface area contributed by atoms with Crippen LogP contribution in [0.5, 0.6) is 0 Å². The van der Waals surface area contributed by atoms with Gasteiger partial charge in [-0.2, -0.15) is 0 Å². The molecule has 5 nitrogen and oxygen atoms in total. The predicted octanol–water partition coefficient (Wildman–Crippen LogP) is 1.60. The molecule has 0 saturated heterocycles. The van der Waals surface area contributed by atoms with Crippen LogP contribution in [-0.4, -0.2) is 31.6 Å². The Bertz CT molecular complexity index is 278. The molecule has 0 radical (unpaired) electrons. The molecule has 0 aromatic rings. The molecule has 0 heterocycles. The van der Waals surface area contributed by atoms with E-state index in [1.54, 1.807) is 6.92 Å². The third kappa shape index (κ3) is 10.5. The maximum absolute atomic E-state index is 11.6. The molecule has 5 heteroatoms. The van der Waals surface area contributed by atoms with Gasteiger partial charge in [0.15, 0.2) is 0 Å². The Hall–Kier alpha value is -1.10. The van der Waals surface area contributed by atoms with Gasteiger partial charge in [-0.05, 0) is 38.1 Å². The van der Waals surface area contributed by atoms with E-state index in [-0.39, 0.29) is 17.3 Å². The Morgan fingerprint density at radius 3 is 2.47 bits per heavy atom. The van der Waals surface area contributed by atoms with Crippen LogP contribution in [0.15, 0.2) is 0 Å². The highest BCUT2D eigenvalue weighted by Crippen LogP contribution is 2.25. The number of hydrogen-bond donors (Lipinski definition) is 2. The molecule has 0 spiro atoms. The third-order valence-corrected chi connectivity index (χ3v) is 3.04. The van der Waals surface area contributed by atoms with Gasteiger partial charge in [-0.25, -0.2) is 0 Å². The van der Waals surface area contributed by atoms with Crippen LogP contribution < -0.4 is 11.1 Å². The Balaban J connectivity index is 3.62. The fraction of sp³-hybridized carbons (Fsp3) is 0.857. The van der Waals surface area contributed by atoms with Crippen molar-refractivity contribution >= 4 is 11.9 Å². The number of amides is 1. The summed E-state index contributed by atoms with van der Waals surface area (Å²) in [7, 11) is 0. The number of esters is 1. The van der Waals surface area contributed by atoms with Crippen molar-refractivity contribution in [1.82, 2.24) is 5.32 Å². The first-order chi connectivity index (χ1) is 8.91. The highest BCUT2D eigenvalue weighted by Gasteiger charge is 2.18. The van der Waals surface area contributed by atoms with Gasteiger partial charge in [0.2, 0.25) is 5.91 Å². The van der Waals surface area contributed by atoms with E-state index in [1.807, 2.05) is 0 Å². The highest BCUT2D eigenvalue weighted by atomic mass is 16.5. The topological polar surface area (TPSA) is 81.4 Å². The van der Waals surface area contributed by atoms with Gasteiger partial charge in [0.05, 0.1) is 6.61 Å². The molecule has 0 unspecified atom stereocenters. The fourth-order valence-electron chi connectivity index (χ4n) is 1.75. The Kier molecular flexibility index (Phi) is 9.21. The first kappa shape index (κ1) is 17.9. The zero-order valence-electron chi connectivity index (χ0n) is 12.5. The lowest BCUT2D eigenvalue weighted by molar-refractivity contribution is -0.143. The quantitative estimate of drug-likeness (QED) is 0.467. The van der Waals surface area contributed by atoms with Gasteiger partial charge in [-0.3, -0.25) is 9.59 Å². The summed E-state index contributed by atoms with van der Waals surface area (Å²) < 4.78 is 4.80. The summed E-state index contributed by atoms with van der Waals surface area (Å²) in [6.07, 6.45) is 3.23. The van der Waals surface area contributed by atoms with Crippen LogP contribution in [-0.2, 0) is 14.3 Å². The van der Waals surface area contributed by atoms with Crippen LogP contribution in [0.25, 0.3) is 0 Å². The molecule has 0 aliphatic carbocycles. The molecule has 0 rings (SSSR count). The van der Waals surface area contributed by atoms with Crippen molar-refractivity contribution in [2.45, 2.75) is 52.9 Å². The Labute approximate surface area is 116 Å². The van der Waals surface area contributed by atoms with Crippen LogP contribution in [0.3, 0.4) is 0 Å². The Morgan fingerprint density at radius 1 is 1.21 bits per heavy atom. The molecule has 0 fully saturated rings. The average molecular weight is 272 g/mol. The second-order valence-electron chi connectivity index (χ2n) is 5.46. The van der Waals surface area contributed by atoms with Crippen LogP contribution >= 0.6 is 0 Å². The third-order valence-electron chi connectivity index (χ3n) is 3.04. The molecular formula is C14H28N2O3. The molecule has 112 valence electrons. The molecule has 0 saturated carbocycles. The molecule has 0 bridgehead atoms. The maximum atomic E-state index is 11.6. The second kappa shape index (κ2) is 9.78. The standard InChI is InChI=1S/C14H28N2O3/c1-4-19-13(18)6-5-11-16-12(17)7-8-14(2,3)9-10-15/h4-11,15H2,1-3H3,(H,16,17). The summed E-state index contributed by atoms with van der Waals surface area (Å²) in [4.78, 5) is 22.7. The normalized spacial score (nSPS) is 11.2. The van der Waals surface area contributed by atoms with Crippen LogP contribution in [0, 0.1) is 5.41 Å². The lowest BCUT2D eigenvalue weighted by Crippen LogP contribution is -2.27. The number of carbonyl (C=O) groups is 2. The summed E-state index contributed by atoms with van der Waals surface area (Å²) in [6, 6.07) is 0. The molecule has 0 aliphatic heterocycles. The summed E-state index contributed by atoms with van der Waals surface area (Å²) in [5, 5.41) is 2.82. The molecule has 19 heavy (non-hydrogen) atoms. The van der Waals surface area contributed by atoms with Crippen molar-refractivity contribution in [3.05, 3.63) is 0 Å². The number of ether oxygens (including phenoxy) is 1. The van der Waals surface area contributed by atoms with Gasteiger partial charge < -0.3 is 15.8 Å². The minimum atomic E-state index is -0.208. The minimum Gasteiger partial charge on any atom is -0.466 e. The van der Waals surface area contributed by atoms with Gasteiger partial charge in [0.25, 0.3) is 0 Å². The van der Waals surface area contributed by atoms with Crippen molar-refractivity contribution in [3.63, 3.8) is 0 Å². The monoisotopic (exact) mass is 272 g/mol. The zero-order chi connectivity index (χ0) is 14.7. The van der Waals surface area contributed by atoms with E-state index in [9.17, 15) is 9.59 Å². The van der Waals surface area contributed by atoms with Crippen molar-refractivity contribution in [2.24, 2.45) is 11.1 Å². The molecule has 0 atom stereocenters. The van der Waals surface area contributed by atoms with Crippen LogP contribution in [0.1, 0.15) is 52.9 Å². The Morgan fingerprint density at radius 2 is 1.89 bits per heavy atom. The molecule has 3 N–H and O–H groups in total. The number of rotatable bonds is 10. The summed E-state index contributed by atoms with van der Waals surface area (Å²) in [5.74, 6) is -0.171. The minimum absolute atomic E-state index is 0.0361. The zero-order valence-corrected chi connectivity index (χ0v) is 12.5. The number of nitrogens with one attached hydrogen (secondary N) is 1. The van der Waals surface area contributed by atoms with Gasteiger partial charge in [0, 0.05) is 19.4 Å². The van der Waals surface area contributed by atoms with Crippen molar-refractivity contribution in [2.75, 3.05) is 19.7 Å². The van der Waals surface area contributed by atoms with Gasteiger partial charge in [-0.1, -0.05) is 13.8 Å². The van der Waals surface area contributed by atoms with E-state index < -0.39 is 0 Å². The predicted molar refractivity (Wildman–Crippen MR) is 75.6 cm³/mol. The lowest BCUT2D eigenvalue weighted by Gasteiger charge is -2.23. The van der Waals surface area contributed by atoms with Gasteiger partial charge in [0.1, 0.15) is 0 Å². The van der Waals surface area contributed by atoms with Crippen LogP contribution in [0.4, 0.5) is 0 Å². The van der Waals surface area contributed by atoms with E-state index in [1.165, 1.54) is 0 Å². The first-order valence-electron chi connectivity index (χ1n) is 7.03. The lowest BCUT2D eigenvalue weighted by atomic mass is 9.84. The number of hydrogen-bond acceptors (Lipinski definition) is 4. The highest BCUT2D eigenvalue weighted by molar-refractivity contribution is 5.76. The second-order valence-corrected chi connectivity index (χ2v) is 5.46. The number of carbonyl (C=O) groups excluding carboxylic acids is 2. The first-order valence-corrected chi connectivity index (χ1v) is 7.03. The largest absolute Gasteiger partial charge is 0.466 e. The van der Waals surface area contributed by atoms with Crippen molar-refractivity contribution in [3.8, 4) is 0 Å². The van der Waals surface area contributed by atoms with Gasteiger partial charge >= 0.3 is 5.97 Å². The van der Waals surface area contributed by atoms with Crippen LogP contribution in [0.2, 0.25) is 0 Å². The molecule has 1 amide bonds. The van der Waals surface area contributed by atoms with E-state index in [0.29, 0.717) is 39.0 Å². The number of nitrogens with two attached hydrogens (primary N) is 1. The molecule has 0 aliphatic rings. The fourth-order valence-corrected chi connectivity index (χ4v) is 1.75. The molecule has 0 aromatic carbocycles. The van der Waals surface area contributed by atoms with E-state index in [4.69, 9.17) is 10.5 Å².